The van der Waals surface area contributed by atoms with Crippen molar-refractivity contribution in [3.8, 4) is 44.5 Å². The highest BCUT2D eigenvalue weighted by Crippen LogP contribution is 2.56. The van der Waals surface area contributed by atoms with Crippen molar-refractivity contribution in [2.75, 3.05) is 0 Å². The highest BCUT2D eigenvalue weighted by atomic mass is 14.4. The van der Waals surface area contributed by atoms with Crippen molar-refractivity contribution in [3.05, 3.63) is 155 Å². The summed E-state index contributed by atoms with van der Waals surface area (Å²) in [5.74, 6) is 0. The third kappa shape index (κ3) is 4.40. The summed E-state index contributed by atoms with van der Waals surface area (Å²) in [5.41, 5.74) is 18.3. The Kier molecular flexibility index (Phi) is 7.47. The SMILES string of the molecule is CCC1(CC)c2ccccc2-c2ccc(-c3c4ccccc4c(-c4ccc5c(c4)C(CC)(CC)c4ccccc4-5)c4cc(C(C)(C)C)ccc34)cc21. The van der Waals surface area contributed by atoms with Gasteiger partial charge in [-0.1, -0.05) is 158 Å². The van der Waals surface area contributed by atoms with Gasteiger partial charge < -0.3 is 0 Å². The molecule has 0 fully saturated rings. The van der Waals surface area contributed by atoms with Crippen LogP contribution in [0, 0.1) is 0 Å². The fraction of sp³-hybridized carbons (Fsp3) is 0.269. The zero-order chi connectivity index (χ0) is 36.0. The predicted molar refractivity (Wildman–Crippen MR) is 225 cm³/mol. The number of rotatable bonds is 6. The van der Waals surface area contributed by atoms with Crippen molar-refractivity contribution in [1.29, 1.82) is 0 Å². The summed E-state index contributed by atoms with van der Waals surface area (Å²) in [5, 5.41) is 5.32. The van der Waals surface area contributed by atoms with Crippen LogP contribution in [0.1, 0.15) is 102 Å². The third-order valence-electron chi connectivity index (χ3n) is 13.4. The first-order valence-corrected chi connectivity index (χ1v) is 19.7. The lowest BCUT2D eigenvalue weighted by molar-refractivity contribution is 0.490. The maximum absolute atomic E-state index is 2.57. The van der Waals surface area contributed by atoms with E-state index in [9.17, 15) is 0 Å². The van der Waals surface area contributed by atoms with Gasteiger partial charge in [0.15, 0.2) is 0 Å². The van der Waals surface area contributed by atoms with Crippen LogP contribution in [0.25, 0.3) is 66.1 Å². The Labute approximate surface area is 310 Å². The molecule has 52 heavy (non-hydrogen) atoms. The Balaban J connectivity index is 1.35. The Morgan fingerprint density at radius 3 is 1.25 bits per heavy atom. The lowest BCUT2D eigenvalue weighted by atomic mass is 9.73. The quantitative estimate of drug-likeness (QED) is 0.154. The summed E-state index contributed by atoms with van der Waals surface area (Å²) in [6.45, 7) is 16.5. The first kappa shape index (κ1) is 32.9. The van der Waals surface area contributed by atoms with E-state index in [-0.39, 0.29) is 16.2 Å². The normalized spacial score (nSPS) is 15.1. The van der Waals surface area contributed by atoms with Crippen LogP contribution in [-0.4, -0.2) is 0 Å². The van der Waals surface area contributed by atoms with E-state index in [1.54, 1.807) is 0 Å². The van der Waals surface area contributed by atoms with E-state index in [1.807, 2.05) is 0 Å². The summed E-state index contributed by atoms with van der Waals surface area (Å²) >= 11 is 0. The number of hydrogen-bond acceptors (Lipinski definition) is 0. The molecule has 0 saturated heterocycles. The lowest BCUT2D eigenvalue weighted by Crippen LogP contribution is -2.23. The lowest BCUT2D eigenvalue weighted by Gasteiger charge is -2.30. The molecule has 0 aliphatic heterocycles. The van der Waals surface area contributed by atoms with Crippen molar-refractivity contribution < 1.29 is 0 Å². The highest BCUT2D eigenvalue weighted by Gasteiger charge is 2.42. The molecule has 0 atom stereocenters. The summed E-state index contributed by atoms with van der Waals surface area (Å²) in [6, 6.07) is 49.6. The monoisotopic (exact) mass is 674 g/mol. The summed E-state index contributed by atoms with van der Waals surface area (Å²) in [7, 11) is 0. The van der Waals surface area contributed by atoms with Gasteiger partial charge in [-0.05, 0) is 143 Å². The van der Waals surface area contributed by atoms with Gasteiger partial charge in [-0.2, -0.15) is 0 Å². The van der Waals surface area contributed by atoms with E-state index in [0.717, 1.165) is 25.7 Å². The Morgan fingerprint density at radius 1 is 0.385 bits per heavy atom. The third-order valence-corrected chi connectivity index (χ3v) is 13.4. The molecule has 0 heteroatoms. The Hall–Kier alpha value is -4.94. The maximum atomic E-state index is 2.57. The molecule has 7 aromatic rings. The summed E-state index contributed by atoms with van der Waals surface area (Å²) < 4.78 is 0. The standard InChI is InChI=1S/C52H50/c1-8-51(9-2)44-22-16-14-18-36(44)38-27-24-33(30-46(38)51)48-40-20-12-13-21-41(40)49(43-32-35(50(5,6)7)26-29-42(43)48)34-25-28-39-37-19-15-17-23-45(37)52(10-3,11-4)47(39)31-34/h12-32H,8-11H2,1-7H3. The van der Waals surface area contributed by atoms with Gasteiger partial charge >= 0.3 is 0 Å². The molecular weight excluding hydrogens is 625 g/mol. The van der Waals surface area contributed by atoms with Gasteiger partial charge in [0.25, 0.3) is 0 Å². The molecule has 0 heterocycles. The van der Waals surface area contributed by atoms with Gasteiger partial charge in [0.05, 0.1) is 0 Å². The second-order valence-corrected chi connectivity index (χ2v) is 16.5. The minimum absolute atomic E-state index is 0.0249. The van der Waals surface area contributed by atoms with Crippen molar-refractivity contribution in [2.45, 2.75) is 90.4 Å². The van der Waals surface area contributed by atoms with E-state index >= 15 is 0 Å². The van der Waals surface area contributed by atoms with Crippen LogP contribution in [0.4, 0.5) is 0 Å². The zero-order valence-electron chi connectivity index (χ0n) is 32.0. The van der Waals surface area contributed by atoms with Crippen LogP contribution in [0.5, 0.6) is 0 Å². The first-order chi connectivity index (χ1) is 25.2. The maximum Gasteiger partial charge on any atom is 0.0210 e. The summed E-state index contributed by atoms with van der Waals surface area (Å²) in [4.78, 5) is 0. The molecule has 258 valence electrons. The number of benzene rings is 7. The van der Waals surface area contributed by atoms with Crippen LogP contribution >= 0.6 is 0 Å². The second kappa shape index (κ2) is 11.8. The molecule has 2 aliphatic carbocycles. The fourth-order valence-electron chi connectivity index (χ4n) is 10.5. The molecule has 0 unspecified atom stereocenters. The van der Waals surface area contributed by atoms with Crippen molar-refractivity contribution in [3.63, 3.8) is 0 Å². The van der Waals surface area contributed by atoms with Gasteiger partial charge in [0, 0.05) is 10.8 Å². The number of hydrogen-bond donors (Lipinski definition) is 0. The first-order valence-electron chi connectivity index (χ1n) is 19.7. The van der Waals surface area contributed by atoms with Gasteiger partial charge in [-0.25, -0.2) is 0 Å². The van der Waals surface area contributed by atoms with Gasteiger partial charge in [0.1, 0.15) is 0 Å². The van der Waals surface area contributed by atoms with Crippen LogP contribution in [0.3, 0.4) is 0 Å². The molecule has 7 aromatic carbocycles. The average molecular weight is 675 g/mol. The van der Waals surface area contributed by atoms with Crippen molar-refractivity contribution in [2.24, 2.45) is 0 Å². The zero-order valence-corrected chi connectivity index (χ0v) is 32.0. The molecule has 0 aromatic heterocycles. The average Bonchev–Trinajstić information content (AvgIpc) is 3.62. The van der Waals surface area contributed by atoms with Crippen LogP contribution in [0.15, 0.2) is 127 Å². The van der Waals surface area contributed by atoms with Crippen molar-refractivity contribution >= 4 is 21.5 Å². The van der Waals surface area contributed by atoms with Crippen LogP contribution in [0.2, 0.25) is 0 Å². The summed E-state index contributed by atoms with van der Waals surface area (Å²) in [6.07, 6.45) is 4.35. The van der Waals surface area contributed by atoms with E-state index in [0.29, 0.717) is 0 Å². The second-order valence-electron chi connectivity index (χ2n) is 16.5. The molecule has 0 spiro atoms. The molecule has 0 amide bonds. The molecule has 0 N–H and O–H groups in total. The molecular formula is C52H50. The highest BCUT2D eigenvalue weighted by molar-refractivity contribution is 6.21. The van der Waals surface area contributed by atoms with E-state index in [4.69, 9.17) is 0 Å². The smallest absolute Gasteiger partial charge is 0.0210 e. The van der Waals surface area contributed by atoms with Gasteiger partial charge in [-0.3, -0.25) is 0 Å². The molecule has 9 rings (SSSR count). The molecule has 0 saturated carbocycles. The Bertz CT molecular complexity index is 2540. The number of fused-ring (bicyclic) bond motifs is 8. The molecule has 2 aliphatic rings. The van der Waals surface area contributed by atoms with Crippen LogP contribution < -0.4 is 0 Å². The van der Waals surface area contributed by atoms with Gasteiger partial charge in [0.2, 0.25) is 0 Å². The molecule has 0 radical (unpaired) electrons. The van der Waals surface area contributed by atoms with Crippen molar-refractivity contribution in [1.82, 2.24) is 0 Å². The minimum Gasteiger partial charge on any atom is -0.0642 e. The minimum atomic E-state index is 0.0249. The van der Waals surface area contributed by atoms with Crippen LogP contribution in [-0.2, 0) is 16.2 Å². The largest absolute Gasteiger partial charge is 0.0642 e. The molecule has 0 nitrogen and oxygen atoms in total. The van der Waals surface area contributed by atoms with E-state index in [1.165, 1.54) is 93.9 Å². The van der Waals surface area contributed by atoms with E-state index in [2.05, 4.69) is 176 Å². The van der Waals surface area contributed by atoms with Gasteiger partial charge in [-0.15, -0.1) is 0 Å². The topological polar surface area (TPSA) is 0 Å². The molecule has 0 bridgehead atoms. The fourth-order valence-corrected chi connectivity index (χ4v) is 10.5. The predicted octanol–water partition coefficient (Wildman–Crippen LogP) is 14.8. The Morgan fingerprint density at radius 2 is 0.788 bits per heavy atom. The van der Waals surface area contributed by atoms with E-state index < -0.39 is 0 Å².